The molecule has 3 aromatic rings. The van der Waals surface area contributed by atoms with Gasteiger partial charge in [-0.3, -0.25) is 9.48 Å². The molecule has 5 rings (SSSR count). The van der Waals surface area contributed by atoms with Crippen LogP contribution < -0.4 is 0 Å². The highest BCUT2D eigenvalue weighted by atomic mass is 16.1. The third-order valence-electron chi connectivity index (χ3n) is 7.24. The van der Waals surface area contributed by atoms with E-state index in [1.165, 1.54) is 22.4 Å². The van der Waals surface area contributed by atoms with Gasteiger partial charge in [-0.2, -0.15) is 10.4 Å². The van der Waals surface area contributed by atoms with Gasteiger partial charge in [-0.15, -0.1) is 0 Å². The Morgan fingerprint density at radius 1 is 1.13 bits per heavy atom. The number of nitrogens with zero attached hydrogens (tertiary/aromatic N) is 3. The number of aryl methyl sites for hydroxylation is 1. The quantitative estimate of drug-likeness (QED) is 0.655. The largest absolute Gasteiger partial charge is 0.298 e. The number of benzene rings is 2. The molecule has 1 unspecified atom stereocenters. The van der Waals surface area contributed by atoms with Gasteiger partial charge in [0.25, 0.3) is 0 Å². The Hall–Kier alpha value is -3.19. The number of carbonyl (C=O) groups excluding carboxylic acids is 1. The molecule has 0 amide bonds. The fourth-order valence-corrected chi connectivity index (χ4v) is 5.91. The molecule has 1 aromatic heterocycles. The van der Waals surface area contributed by atoms with Crippen LogP contribution in [-0.2, 0) is 23.2 Å². The molecule has 0 spiro atoms. The lowest BCUT2D eigenvalue weighted by Crippen LogP contribution is -2.53. The van der Waals surface area contributed by atoms with E-state index >= 15 is 0 Å². The maximum Gasteiger partial charge on any atom is 0.153 e. The summed E-state index contributed by atoms with van der Waals surface area (Å²) in [5.74, 6) is -0.443. The first kappa shape index (κ1) is 18.8. The molecule has 2 aromatic carbocycles. The first-order valence-corrected chi connectivity index (χ1v) is 10.7. The molecule has 0 radical (unpaired) electrons. The molecule has 4 nitrogen and oxygen atoms in total. The Labute approximate surface area is 177 Å². The average Bonchev–Trinajstić information content (AvgIpc) is 3.21. The first-order chi connectivity index (χ1) is 14.6. The molecule has 0 aliphatic heterocycles. The number of nitriles is 1. The lowest BCUT2D eigenvalue weighted by Gasteiger charge is -2.51. The van der Waals surface area contributed by atoms with Gasteiger partial charge < -0.3 is 0 Å². The van der Waals surface area contributed by atoms with Crippen molar-refractivity contribution in [3.8, 4) is 6.07 Å². The zero-order valence-electron chi connectivity index (χ0n) is 17.2. The van der Waals surface area contributed by atoms with Crippen LogP contribution >= 0.6 is 0 Å². The van der Waals surface area contributed by atoms with E-state index in [-0.39, 0.29) is 23.0 Å². The standard InChI is InChI=1S/C26H25N3O/c1-18-23-13-12-20-16-28-29(17-19-8-4-2-5-9-19)25(20)26(23,14-21(15-27)24(18)30)22-10-6-3-7-11-22/h2-11,16,18,21,23H,12-14,17H2,1H3/t18-,21?,23-,26-/m0/s1. The van der Waals surface area contributed by atoms with Gasteiger partial charge in [0, 0.05) is 11.3 Å². The lowest BCUT2D eigenvalue weighted by atomic mass is 9.51. The van der Waals surface area contributed by atoms with E-state index in [2.05, 4.69) is 47.1 Å². The molecule has 4 heteroatoms. The van der Waals surface area contributed by atoms with Gasteiger partial charge in [0.1, 0.15) is 5.92 Å². The van der Waals surface area contributed by atoms with E-state index in [0.29, 0.717) is 13.0 Å². The van der Waals surface area contributed by atoms with Crippen molar-refractivity contribution in [3.05, 3.63) is 89.2 Å². The molecule has 4 atom stereocenters. The molecule has 0 saturated heterocycles. The second-order valence-corrected chi connectivity index (χ2v) is 8.72. The van der Waals surface area contributed by atoms with Crippen LogP contribution in [0.4, 0.5) is 0 Å². The van der Waals surface area contributed by atoms with Crippen LogP contribution in [-0.4, -0.2) is 15.6 Å². The first-order valence-electron chi connectivity index (χ1n) is 10.7. The van der Waals surface area contributed by atoms with Crippen LogP contribution in [0.25, 0.3) is 0 Å². The number of aromatic nitrogens is 2. The van der Waals surface area contributed by atoms with Crippen LogP contribution in [0.2, 0.25) is 0 Å². The molecule has 150 valence electrons. The van der Waals surface area contributed by atoms with Crippen LogP contribution in [0.5, 0.6) is 0 Å². The maximum atomic E-state index is 13.0. The van der Waals surface area contributed by atoms with Crippen LogP contribution in [0.3, 0.4) is 0 Å². The topological polar surface area (TPSA) is 58.7 Å². The number of rotatable bonds is 3. The molecule has 1 heterocycles. The Morgan fingerprint density at radius 2 is 1.83 bits per heavy atom. The summed E-state index contributed by atoms with van der Waals surface area (Å²) in [6, 6.07) is 23.2. The number of Topliss-reactive ketones (excluding diaryl/α,β-unsaturated/α-hetero) is 1. The molecular weight excluding hydrogens is 370 g/mol. The summed E-state index contributed by atoms with van der Waals surface area (Å²) in [6.45, 7) is 2.72. The summed E-state index contributed by atoms with van der Waals surface area (Å²) in [5, 5.41) is 14.6. The van der Waals surface area contributed by atoms with E-state index in [9.17, 15) is 10.1 Å². The van der Waals surface area contributed by atoms with Crippen molar-refractivity contribution in [1.29, 1.82) is 5.26 Å². The fraction of sp³-hybridized carbons (Fsp3) is 0.346. The monoisotopic (exact) mass is 395 g/mol. The van der Waals surface area contributed by atoms with E-state index in [1.807, 2.05) is 37.4 Å². The predicted octanol–water partition coefficient (Wildman–Crippen LogP) is 4.53. The lowest BCUT2D eigenvalue weighted by molar-refractivity contribution is -0.131. The molecule has 1 fully saturated rings. The van der Waals surface area contributed by atoms with Crippen LogP contribution in [0.15, 0.2) is 66.9 Å². The summed E-state index contributed by atoms with van der Waals surface area (Å²) < 4.78 is 2.13. The van der Waals surface area contributed by atoms with Crippen LogP contribution in [0.1, 0.15) is 42.1 Å². The van der Waals surface area contributed by atoms with Crippen molar-refractivity contribution in [1.82, 2.24) is 9.78 Å². The molecule has 30 heavy (non-hydrogen) atoms. The molecular formula is C26H25N3O. The zero-order valence-corrected chi connectivity index (χ0v) is 17.2. The Kier molecular flexibility index (Phi) is 4.55. The minimum atomic E-state index is -0.581. The van der Waals surface area contributed by atoms with E-state index in [4.69, 9.17) is 5.10 Å². The summed E-state index contributed by atoms with van der Waals surface area (Å²) >= 11 is 0. The van der Waals surface area contributed by atoms with Crippen molar-refractivity contribution in [3.63, 3.8) is 0 Å². The highest BCUT2D eigenvalue weighted by molar-refractivity contribution is 5.87. The maximum absolute atomic E-state index is 13.0. The smallest absolute Gasteiger partial charge is 0.153 e. The number of hydrogen-bond donors (Lipinski definition) is 0. The molecule has 2 aliphatic rings. The van der Waals surface area contributed by atoms with Gasteiger partial charge in [-0.1, -0.05) is 67.6 Å². The average molecular weight is 396 g/mol. The second kappa shape index (κ2) is 7.25. The predicted molar refractivity (Wildman–Crippen MR) is 115 cm³/mol. The normalized spacial score (nSPS) is 27.7. The van der Waals surface area contributed by atoms with Gasteiger partial charge in [0.15, 0.2) is 5.78 Å². The van der Waals surface area contributed by atoms with E-state index in [0.717, 1.165) is 12.8 Å². The van der Waals surface area contributed by atoms with E-state index in [1.54, 1.807) is 0 Å². The van der Waals surface area contributed by atoms with Gasteiger partial charge in [-0.25, -0.2) is 0 Å². The molecule has 0 N–H and O–H groups in total. The number of hydrogen-bond acceptors (Lipinski definition) is 3. The van der Waals surface area contributed by atoms with Crippen LogP contribution in [0, 0.1) is 29.1 Å². The van der Waals surface area contributed by atoms with Gasteiger partial charge >= 0.3 is 0 Å². The van der Waals surface area contributed by atoms with Crippen molar-refractivity contribution in [2.24, 2.45) is 17.8 Å². The van der Waals surface area contributed by atoms with Gasteiger partial charge in [0.05, 0.1) is 24.5 Å². The van der Waals surface area contributed by atoms with E-state index < -0.39 is 5.92 Å². The Morgan fingerprint density at radius 3 is 2.53 bits per heavy atom. The molecule has 0 bridgehead atoms. The summed E-state index contributed by atoms with van der Waals surface area (Å²) in [5.41, 5.74) is 4.49. The van der Waals surface area contributed by atoms with Crippen molar-refractivity contribution in [2.75, 3.05) is 0 Å². The zero-order chi connectivity index (χ0) is 20.7. The van der Waals surface area contributed by atoms with Gasteiger partial charge in [0.2, 0.25) is 0 Å². The molecule has 1 saturated carbocycles. The summed E-state index contributed by atoms with van der Waals surface area (Å²) in [4.78, 5) is 13.0. The fourth-order valence-electron chi connectivity index (χ4n) is 5.91. The third-order valence-corrected chi connectivity index (χ3v) is 7.24. The number of ketones is 1. The van der Waals surface area contributed by atoms with Crippen molar-refractivity contribution < 1.29 is 4.79 Å². The minimum absolute atomic E-state index is 0.103. The number of fused-ring (bicyclic) bond motifs is 3. The molecule has 2 aliphatic carbocycles. The highest BCUT2D eigenvalue weighted by Gasteiger charge is 2.56. The Balaban J connectivity index is 1.73. The number of carbonyl (C=O) groups is 1. The summed E-state index contributed by atoms with van der Waals surface area (Å²) in [7, 11) is 0. The second-order valence-electron chi connectivity index (χ2n) is 8.72. The van der Waals surface area contributed by atoms with Gasteiger partial charge in [-0.05, 0) is 41.9 Å². The SMILES string of the molecule is C[C@@H]1C(=O)C(C#N)C[C@@]2(c3ccccc3)c3c(cnn3Cc3ccccc3)CC[C@@H]12. The Bertz CT molecular complexity index is 1110. The van der Waals surface area contributed by atoms with Crippen molar-refractivity contribution in [2.45, 2.75) is 38.1 Å². The minimum Gasteiger partial charge on any atom is -0.298 e. The third kappa shape index (κ3) is 2.73. The summed E-state index contributed by atoms with van der Waals surface area (Å²) in [6.07, 6.45) is 4.42. The highest BCUT2D eigenvalue weighted by Crippen LogP contribution is 2.56. The van der Waals surface area contributed by atoms with Crippen molar-refractivity contribution >= 4 is 5.78 Å².